The van der Waals surface area contributed by atoms with E-state index in [9.17, 15) is 8.42 Å². The summed E-state index contributed by atoms with van der Waals surface area (Å²) in [5.74, 6) is 0. The van der Waals surface area contributed by atoms with Crippen LogP contribution in [-0.2, 0) is 16.4 Å². The van der Waals surface area contributed by atoms with E-state index in [0.717, 1.165) is 24.0 Å². The number of anilines is 1. The maximum absolute atomic E-state index is 11.8. The minimum absolute atomic E-state index is 0.0357. The normalized spacial score (nSPS) is 19.4. The van der Waals surface area contributed by atoms with Crippen LogP contribution in [0.15, 0.2) is 18.2 Å². The number of benzene rings is 1. The van der Waals surface area contributed by atoms with Crippen LogP contribution in [-0.4, -0.2) is 13.7 Å². The molecule has 2 rings (SSSR count). The first-order valence-electron chi connectivity index (χ1n) is 5.81. The van der Waals surface area contributed by atoms with Gasteiger partial charge in [0.1, 0.15) is 0 Å². The molecule has 0 fully saturated rings. The molecule has 1 aromatic rings. The van der Waals surface area contributed by atoms with Crippen LogP contribution in [0.3, 0.4) is 0 Å². The molecule has 1 unspecified atom stereocenters. The van der Waals surface area contributed by atoms with Crippen molar-refractivity contribution in [3.8, 4) is 0 Å². The van der Waals surface area contributed by atoms with Crippen LogP contribution in [0.4, 0.5) is 5.69 Å². The lowest BCUT2D eigenvalue weighted by atomic mass is 10.1. The molecule has 0 radical (unpaired) electrons. The van der Waals surface area contributed by atoms with Crippen molar-refractivity contribution in [2.45, 2.75) is 38.0 Å². The predicted molar refractivity (Wildman–Crippen MR) is 69.4 cm³/mol. The minimum Gasteiger partial charge on any atom is -0.324 e. The maximum Gasteiger partial charge on any atom is 0.235 e. The molecule has 4 nitrogen and oxygen atoms in total. The van der Waals surface area contributed by atoms with E-state index in [1.54, 1.807) is 19.9 Å². The van der Waals surface area contributed by atoms with Crippen molar-refractivity contribution in [1.82, 2.24) is 0 Å². The van der Waals surface area contributed by atoms with E-state index in [0.29, 0.717) is 5.69 Å². The molecule has 17 heavy (non-hydrogen) atoms. The van der Waals surface area contributed by atoms with Gasteiger partial charge in [0.25, 0.3) is 0 Å². The second-order valence-electron chi connectivity index (χ2n) is 4.71. The lowest BCUT2D eigenvalue weighted by Crippen LogP contribution is -2.23. The highest BCUT2D eigenvalue weighted by atomic mass is 32.2. The molecule has 0 heterocycles. The van der Waals surface area contributed by atoms with Crippen LogP contribution in [0.25, 0.3) is 0 Å². The van der Waals surface area contributed by atoms with Crippen LogP contribution < -0.4 is 10.5 Å². The van der Waals surface area contributed by atoms with Gasteiger partial charge in [-0.2, -0.15) is 0 Å². The Labute approximate surface area is 102 Å². The molecule has 0 saturated heterocycles. The lowest BCUT2D eigenvalue weighted by Gasteiger charge is -2.14. The van der Waals surface area contributed by atoms with Gasteiger partial charge in [0.05, 0.1) is 10.9 Å². The van der Waals surface area contributed by atoms with E-state index in [1.807, 2.05) is 12.1 Å². The van der Waals surface area contributed by atoms with Gasteiger partial charge < -0.3 is 5.73 Å². The molecule has 0 aliphatic heterocycles. The topological polar surface area (TPSA) is 72.2 Å². The summed E-state index contributed by atoms with van der Waals surface area (Å²) in [7, 11) is -3.28. The number of nitrogens with two attached hydrogens (primary N) is 1. The van der Waals surface area contributed by atoms with Crippen LogP contribution >= 0.6 is 0 Å². The van der Waals surface area contributed by atoms with Crippen LogP contribution in [0.5, 0.6) is 0 Å². The number of nitrogens with one attached hydrogen (secondary N) is 1. The van der Waals surface area contributed by atoms with E-state index in [4.69, 9.17) is 5.73 Å². The van der Waals surface area contributed by atoms with Crippen molar-refractivity contribution in [2.24, 2.45) is 5.73 Å². The summed E-state index contributed by atoms with van der Waals surface area (Å²) < 4.78 is 26.3. The summed E-state index contributed by atoms with van der Waals surface area (Å²) in [6, 6.07) is 5.66. The zero-order valence-corrected chi connectivity index (χ0v) is 10.9. The molecule has 0 amide bonds. The molecule has 94 valence electrons. The first-order chi connectivity index (χ1) is 7.92. The highest BCUT2D eigenvalue weighted by molar-refractivity contribution is 7.93. The highest BCUT2D eigenvalue weighted by Gasteiger charge is 2.24. The van der Waals surface area contributed by atoms with E-state index in [2.05, 4.69) is 4.72 Å². The molecule has 0 saturated carbocycles. The van der Waals surface area contributed by atoms with Gasteiger partial charge in [-0.1, -0.05) is 12.1 Å². The number of hydrogen-bond donors (Lipinski definition) is 2. The standard InChI is InChI=1S/C12H18N2O2S/c1-8(2)17(15,16)14-12-5-3-4-9-10(12)6-7-11(9)13/h3-5,8,11,14H,6-7,13H2,1-2H3. The maximum atomic E-state index is 11.8. The van der Waals surface area contributed by atoms with Crippen LogP contribution in [0, 0.1) is 0 Å². The third kappa shape index (κ3) is 2.30. The Kier molecular flexibility index (Phi) is 3.14. The zero-order chi connectivity index (χ0) is 12.6. The Morgan fingerprint density at radius 3 is 2.76 bits per heavy atom. The van der Waals surface area contributed by atoms with Crippen LogP contribution in [0.2, 0.25) is 0 Å². The van der Waals surface area contributed by atoms with Gasteiger partial charge in [-0.05, 0) is 43.9 Å². The van der Waals surface area contributed by atoms with E-state index >= 15 is 0 Å². The Morgan fingerprint density at radius 2 is 2.12 bits per heavy atom. The molecular formula is C12H18N2O2S. The van der Waals surface area contributed by atoms with Gasteiger partial charge in [0.15, 0.2) is 0 Å². The molecule has 1 aliphatic carbocycles. The average molecular weight is 254 g/mol. The molecule has 1 aliphatic rings. The molecule has 1 aromatic carbocycles. The third-order valence-electron chi connectivity index (χ3n) is 3.19. The summed E-state index contributed by atoms with van der Waals surface area (Å²) in [5.41, 5.74) is 8.76. The van der Waals surface area contributed by atoms with Crippen molar-refractivity contribution in [1.29, 1.82) is 0 Å². The van der Waals surface area contributed by atoms with Crippen molar-refractivity contribution in [3.63, 3.8) is 0 Å². The van der Waals surface area contributed by atoms with Gasteiger partial charge in [0, 0.05) is 6.04 Å². The number of fused-ring (bicyclic) bond motifs is 1. The summed E-state index contributed by atoms with van der Waals surface area (Å²) in [6.07, 6.45) is 1.73. The summed E-state index contributed by atoms with van der Waals surface area (Å²) in [5, 5.41) is -0.437. The molecular weight excluding hydrogens is 236 g/mol. The molecule has 0 spiro atoms. The van der Waals surface area contributed by atoms with Crippen LogP contribution in [0.1, 0.15) is 37.4 Å². The average Bonchev–Trinajstić information content (AvgIpc) is 2.61. The second-order valence-corrected chi connectivity index (χ2v) is 6.95. The third-order valence-corrected chi connectivity index (χ3v) is 4.94. The minimum atomic E-state index is -3.28. The fourth-order valence-corrected chi connectivity index (χ4v) is 2.79. The van der Waals surface area contributed by atoms with Crippen molar-refractivity contribution in [3.05, 3.63) is 29.3 Å². The lowest BCUT2D eigenvalue weighted by molar-refractivity contribution is 0.592. The SMILES string of the molecule is CC(C)S(=O)(=O)Nc1cccc2c1CCC2N. The van der Waals surface area contributed by atoms with E-state index < -0.39 is 15.3 Å². The van der Waals surface area contributed by atoms with Crippen molar-refractivity contribution in [2.75, 3.05) is 4.72 Å². The fraction of sp³-hybridized carbons (Fsp3) is 0.500. The monoisotopic (exact) mass is 254 g/mol. The number of sulfonamides is 1. The largest absolute Gasteiger partial charge is 0.324 e. The molecule has 5 heteroatoms. The Morgan fingerprint density at radius 1 is 1.41 bits per heavy atom. The van der Waals surface area contributed by atoms with Crippen molar-refractivity contribution < 1.29 is 8.42 Å². The smallest absolute Gasteiger partial charge is 0.235 e. The Balaban J connectivity index is 2.36. The zero-order valence-electron chi connectivity index (χ0n) is 10.1. The van der Waals surface area contributed by atoms with Gasteiger partial charge in [-0.15, -0.1) is 0 Å². The van der Waals surface area contributed by atoms with Crippen molar-refractivity contribution >= 4 is 15.7 Å². The number of hydrogen-bond acceptors (Lipinski definition) is 3. The van der Waals surface area contributed by atoms with Gasteiger partial charge in [0.2, 0.25) is 10.0 Å². The van der Waals surface area contributed by atoms with Gasteiger partial charge in [-0.25, -0.2) is 8.42 Å². The quantitative estimate of drug-likeness (QED) is 0.863. The Hall–Kier alpha value is -1.07. The molecule has 0 aromatic heterocycles. The first kappa shape index (κ1) is 12.4. The summed E-state index contributed by atoms with van der Waals surface area (Å²) >= 11 is 0. The van der Waals surface area contributed by atoms with E-state index in [1.165, 1.54) is 0 Å². The van der Waals surface area contributed by atoms with E-state index in [-0.39, 0.29) is 6.04 Å². The fourth-order valence-electron chi connectivity index (χ4n) is 2.05. The summed E-state index contributed by atoms with van der Waals surface area (Å²) in [4.78, 5) is 0. The highest BCUT2D eigenvalue weighted by Crippen LogP contribution is 2.34. The molecule has 3 N–H and O–H groups in total. The number of rotatable bonds is 3. The molecule has 1 atom stereocenters. The summed E-state index contributed by atoms with van der Waals surface area (Å²) in [6.45, 7) is 3.33. The van der Waals surface area contributed by atoms with Gasteiger partial charge >= 0.3 is 0 Å². The Bertz CT molecular complexity index is 523. The molecule has 0 bridgehead atoms. The predicted octanol–water partition coefficient (Wildman–Crippen LogP) is 1.78. The second kappa shape index (κ2) is 4.31. The first-order valence-corrected chi connectivity index (χ1v) is 7.35. The van der Waals surface area contributed by atoms with Gasteiger partial charge in [-0.3, -0.25) is 4.72 Å².